The number of fused-ring (bicyclic) bond motifs is 2. The van der Waals surface area contributed by atoms with E-state index in [1.165, 1.54) is 77.0 Å². The minimum atomic E-state index is -0.487. The maximum absolute atomic E-state index is 13.2. The number of rotatable bonds is 19. The number of benzene rings is 3. The summed E-state index contributed by atoms with van der Waals surface area (Å²) in [5, 5.41) is 18.7. The van der Waals surface area contributed by atoms with E-state index in [1.807, 2.05) is 41.0 Å². The number of hydrogen-bond acceptors (Lipinski definition) is 7. The molecule has 0 saturated heterocycles. The monoisotopic (exact) mass is 653 g/mol. The average Bonchev–Trinajstić information content (AvgIpc) is 3.55. The Balaban J connectivity index is 1.31. The number of phenols is 1. The molecule has 2 heterocycles. The fraction of sp³-hybridized carbons (Fsp3) is 0.462. The van der Waals surface area contributed by atoms with Gasteiger partial charge in [-0.2, -0.15) is 0 Å². The summed E-state index contributed by atoms with van der Waals surface area (Å²) in [6, 6.07) is 16.3. The zero-order valence-electron chi connectivity index (χ0n) is 28.7. The van der Waals surface area contributed by atoms with E-state index >= 15 is 0 Å². The first-order valence-electron chi connectivity index (χ1n) is 17.7. The Morgan fingerprint density at radius 2 is 1.65 bits per heavy atom. The van der Waals surface area contributed by atoms with Gasteiger partial charge in [-0.15, -0.1) is 0 Å². The van der Waals surface area contributed by atoms with Gasteiger partial charge in [0, 0.05) is 10.8 Å². The standard InChI is InChI=1S/C39H51N5O4/c1-4-6-8-10-11-13-18-28(17-12-9-7-5-2)25-48-39-35-37(40-26-41-39)44(27-42-35)33-21-16-19-30-29(33)23-24-31(36(30)45)38(46)43-32-20-14-15-22-34(32)47-3/h14-16,19-24,26-28,39,45H,4-13,17-18,25H2,1-3H3,(H,40,41)(H,43,46). The van der Waals surface area contributed by atoms with Gasteiger partial charge in [-0.25, -0.2) is 9.98 Å². The molecule has 3 N–H and O–H groups in total. The number of methoxy groups -OCH3 is 1. The Bertz CT molecular complexity index is 1670. The van der Waals surface area contributed by atoms with E-state index in [1.54, 1.807) is 38.0 Å². The number of amides is 1. The largest absolute Gasteiger partial charge is 0.506 e. The van der Waals surface area contributed by atoms with Gasteiger partial charge in [-0.1, -0.05) is 108 Å². The maximum atomic E-state index is 13.2. The van der Waals surface area contributed by atoms with Crippen LogP contribution in [-0.2, 0) is 4.74 Å². The van der Waals surface area contributed by atoms with Gasteiger partial charge in [0.15, 0.2) is 6.23 Å². The zero-order chi connectivity index (χ0) is 33.7. The lowest BCUT2D eigenvalue weighted by molar-refractivity contribution is 0.0262. The van der Waals surface area contributed by atoms with Crippen LogP contribution in [-0.4, -0.2) is 40.6 Å². The number of ether oxygens (including phenoxy) is 2. The molecule has 9 heteroatoms. The maximum Gasteiger partial charge on any atom is 0.259 e. The number of anilines is 2. The van der Waals surface area contributed by atoms with Crippen LogP contribution < -0.4 is 15.4 Å². The predicted octanol–water partition coefficient (Wildman–Crippen LogP) is 9.80. The zero-order valence-corrected chi connectivity index (χ0v) is 28.7. The summed E-state index contributed by atoms with van der Waals surface area (Å²) in [6.45, 7) is 5.18. The highest BCUT2D eigenvalue weighted by Crippen LogP contribution is 2.37. The van der Waals surface area contributed by atoms with Crippen molar-refractivity contribution in [3.63, 3.8) is 0 Å². The summed E-state index contributed by atoms with van der Waals surface area (Å²) in [6.07, 6.45) is 18.2. The molecule has 1 amide bonds. The molecule has 1 aliphatic rings. The van der Waals surface area contributed by atoms with E-state index in [4.69, 9.17) is 14.5 Å². The van der Waals surface area contributed by atoms with Crippen molar-refractivity contribution in [2.24, 2.45) is 10.9 Å². The van der Waals surface area contributed by atoms with E-state index in [-0.39, 0.29) is 11.3 Å². The Hall–Kier alpha value is -4.37. The van der Waals surface area contributed by atoms with Crippen molar-refractivity contribution in [3.05, 3.63) is 72.2 Å². The van der Waals surface area contributed by atoms with Crippen LogP contribution >= 0.6 is 0 Å². The van der Waals surface area contributed by atoms with Gasteiger partial charge in [-0.05, 0) is 43.0 Å². The van der Waals surface area contributed by atoms with Crippen LogP contribution in [0, 0.1) is 5.92 Å². The van der Waals surface area contributed by atoms with Gasteiger partial charge in [0.1, 0.15) is 29.3 Å². The van der Waals surface area contributed by atoms with Crippen molar-refractivity contribution >= 4 is 34.5 Å². The smallest absolute Gasteiger partial charge is 0.259 e. The van der Waals surface area contributed by atoms with E-state index in [0.717, 1.165) is 22.6 Å². The van der Waals surface area contributed by atoms with Gasteiger partial charge in [0.05, 0.1) is 37.0 Å². The van der Waals surface area contributed by atoms with Crippen molar-refractivity contribution in [1.82, 2.24) is 9.55 Å². The Labute approximate surface area is 284 Å². The Morgan fingerprint density at radius 3 is 2.42 bits per heavy atom. The lowest BCUT2D eigenvalue weighted by Gasteiger charge is -2.23. The number of nitrogens with one attached hydrogen (secondary N) is 2. The SMILES string of the molecule is CCCCCCCCC(CCCCCC)COC1N=CNc2c1ncn2-c1cccc2c(O)c(C(=O)Nc3ccccc3OC)ccc12. The first-order chi connectivity index (χ1) is 23.5. The lowest BCUT2D eigenvalue weighted by atomic mass is 9.95. The summed E-state index contributed by atoms with van der Waals surface area (Å²) in [7, 11) is 1.55. The average molecular weight is 654 g/mol. The number of carbonyl (C=O) groups excluding carboxylic acids is 1. The van der Waals surface area contributed by atoms with Crippen molar-refractivity contribution in [2.75, 3.05) is 24.4 Å². The van der Waals surface area contributed by atoms with Crippen molar-refractivity contribution < 1.29 is 19.4 Å². The molecular formula is C39H51N5O4. The summed E-state index contributed by atoms with van der Waals surface area (Å²) in [5.41, 5.74) is 2.24. The second kappa shape index (κ2) is 17.7. The van der Waals surface area contributed by atoms with Crippen LogP contribution in [0.25, 0.3) is 16.5 Å². The highest BCUT2D eigenvalue weighted by atomic mass is 16.5. The lowest BCUT2D eigenvalue weighted by Crippen LogP contribution is -2.18. The molecule has 48 heavy (non-hydrogen) atoms. The molecule has 4 aromatic rings. The van der Waals surface area contributed by atoms with Gasteiger partial charge in [0.25, 0.3) is 5.91 Å². The molecule has 0 saturated carbocycles. The summed E-state index contributed by atoms with van der Waals surface area (Å²) >= 11 is 0. The predicted molar refractivity (Wildman–Crippen MR) is 195 cm³/mol. The molecule has 0 fully saturated rings. The molecule has 3 aromatic carbocycles. The fourth-order valence-electron chi connectivity index (χ4n) is 6.50. The third-order valence-corrected chi connectivity index (χ3v) is 9.23. The van der Waals surface area contributed by atoms with Crippen LogP contribution in [0.1, 0.15) is 113 Å². The molecule has 1 aromatic heterocycles. The van der Waals surface area contributed by atoms with Crippen molar-refractivity contribution in [2.45, 2.75) is 97.1 Å². The molecule has 0 radical (unpaired) electrons. The number of hydrogen-bond donors (Lipinski definition) is 3. The third-order valence-electron chi connectivity index (χ3n) is 9.23. The first-order valence-corrected chi connectivity index (χ1v) is 17.7. The third kappa shape index (κ3) is 8.55. The summed E-state index contributed by atoms with van der Waals surface area (Å²) in [4.78, 5) is 22.6. The molecule has 0 bridgehead atoms. The van der Waals surface area contributed by atoms with Gasteiger partial charge in [0.2, 0.25) is 0 Å². The van der Waals surface area contributed by atoms with Crippen molar-refractivity contribution in [1.29, 1.82) is 0 Å². The molecule has 2 unspecified atom stereocenters. The molecule has 5 rings (SSSR count). The quantitative estimate of drug-likeness (QED) is 0.0869. The summed E-state index contributed by atoms with van der Waals surface area (Å²) in [5.74, 6) is 1.30. The van der Waals surface area contributed by atoms with E-state index in [0.29, 0.717) is 29.3 Å². The molecule has 9 nitrogen and oxygen atoms in total. The number of unbranched alkanes of at least 4 members (excludes halogenated alkanes) is 8. The molecule has 1 aliphatic heterocycles. The number of para-hydroxylation sites is 2. The fourth-order valence-corrected chi connectivity index (χ4v) is 6.50. The number of aromatic hydroxyl groups is 1. The molecular weight excluding hydrogens is 602 g/mol. The Morgan fingerprint density at radius 1 is 0.917 bits per heavy atom. The van der Waals surface area contributed by atoms with E-state index < -0.39 is 12.1 Å². The number of phenolic OH excluding ortho intramolecular Hbond substituents is 1. The van der Waals surface area contributed by atoms with Crippen molar-refractivity contribution in [3.8, 4) is 17.2 Å². The molecule has 0 aliphatic carbocycles. The second-order valence-corrected chi connectivity index (χ2v) is 12.7. The van der Waals surface area contributed by atoms with Crippen LogP contribution in [0.15, 0.2) is 65.9 Å². The van der Waals surface area contributed by atoms with Gasteiger partial charge in [-0.3, -0.25) is 9.36 Å². The normalized spacial score (nSPS) is 14.4. The minimum Gasteiger partial charge on any atom is -0.506 e. The molecule has 256 valence electrons. The highest BCUT2D eigenvalue weighted by molar-refractivity contribution is 6.11. The second-order valence-electron chi connectivity index (χ2n) is 12.7. The number of aliphatic imine (C=N–C) groups is 1. The van der Waals surface area contributed by atoms with Crippen LogP contribution in [0.5, 0.6) is 11.5 Å². The molecule has 2 atom stereocenters. The highest BCUT2D eigenvalue weighted by Gasteiger charge is 2.26. The van der Waals surface area contributed by atoms with Gasteiger partial charge >= 0.3 is 0 Å². The van der Waals surface area contributed by atoms with Crippen LogP contribution in [0.3, 0.4) is 0 Å². The van der Waals surface area contributed by atoms with Gasteiger partial charge < -0.3 is 25.2 Å². The van der Waals surface area contributed by atoms with Crippen LogP contribution in [0.2, 0.25) is 0 Å². The molecule has 0 spiro atoms. The number of carbonyl (C=O) groups is 1. The van der Waals surface area contributed by atoms with E-state index in [2.05, 4.69) is 29.5 Å². The number of aromatic nitrogens is 2. The topological polar surface area (TPSA) is 110 Å². The first kappa shape index (κ1) is 35.0. The van der Waals surface area contributed by atoms with E-state index in [9.17, 15) is 9.90 Å². The van der Waals surface area contributed by atoms with Crippen LogP contribution in [0.4, 0.5) is 11.5 Å². The minimum absolute atomic E-state index is 0.0956. The summed E-state index contributed by atoms with van der Waals surface area (Å²) < 4.78 is 13.8. The number of imidazole rings is 1. The Kier molecular flexibility index (Phi) is 12.9. The number of nitrogens with zero attached hydrogens (tertiary/aromatic N) is 3.